The zero-order valence-electron chi connectivity index (χ0n) is 10.5. The topological polar surface area (TPSA) is 25.2 Å². The zero-order valence-corrected chi connectivity index (χ0v) is 10.5. The average molecular weight is 235 g/mol. The Labute approximate surface area is 101 Å². The Morgan fingerprint density at radius 2 is 2.00 bits per heavy atom. The molecule has 3 heteroatoms. The third-order valence-corrected chi connectivity index (χ3v) is 2.56. The summed E-state index contributed by atoms with van der Waals surface area (Å²) in [5.74, 6) is 0.667. The molecule has 92 valence electrons. The van der Waals surface area contributed by atoms with Gasteiger partial charge in [0.2, 0.25) is 0 Å². The van der Waals surface area contributed by atoms with Crippen molar-refractivity contribution in [1.29, 1.82) is 0 Å². The number of fused-ring (bicyclic) bond motifs is 1. The van der Waals surface area contributed by atoms with E-state index in [9.17, 15) is 4.39 Å². The molecule has 0 amide bonds. The van der Waals surface area contributed by atoms with Gasteiger partial charge in [-0.05, 0) is 45.0 Å². The van der Waals surface area contributed by atoms with Crippen LogP contribution in [0.25, 0.3) is 11.0 Å². The minimum atomic E-state index is -0.224. The molecule has 1 N–H and O–H groups in total. The number of furan rings is 1. The average Bonchev–Trinajstić information content (AvgIpc) is 2.57. The molecule has 2 nitrogen and oxygen atoms in total. The number of rotatable bonds is 3. The summed E-state index contributed by atoms with van der Waals surface area (Å²) in [6, 6.07) is 6.50. The van der Waals surface area contributed by atoms with Gasteiger partial charge < -0.3 is 9.73 Å². The Kier molecular flexibility index (Phi) is 3.20. The number of hydrogen-bond acceptors (Lipinski definition) is 2. The lowest BCUT2D eigenvalue weighted by atomic mass is 10.1. The van der Waals surface area contributed by atoms with Gasteiger partial charge in [-0.1, -0.05) is 0 Å². The van der Waals surface area contributed by atoms with Crippen molar-refractivity contribution in [3.63, 3.8) is 0 Å². The molecule has 0 fully saturated rings. The molecular formula is C14H18FNO. The van der Waals surface area contributed by atoms with Gasteiger partial charge in [0, 0.05) is 23.9 Å². The van der Waals surface area contributed by atoms with Crippen LogP contribution in [0.5, 0.6) is 0 Å². The normalized spacial score (nSPS) is 12.2. The standard InChI is InChI=1S/C14H18FNO/c1-14(2,3)16-7-6-12-9-10-8-11(15)4-5-13(10)17-12/h4-5,8-9,16H,6-7H2,1-3H3. The lowest BCUT2D eigenvalue weighted by molar-refractivity contribution is 0.418. The van der Waals surface area contributed by atoms with Gasteiger partial charge >= 0.3 is 0 Å². The smallest absolute Gasteiger partial charge is 0.134 e. The van der Waals surface area contributed by atoms with E-state index in [1.165, 1.54) is 12.1 Å². The van der Waals surface area contributed by atoms with Gasteiger partial charge in [0.05, 0.1) is 0 Å². The maximum absolute atomic E-state index is 13.0. The van der Waals surface area contributed by atoms with Crippen LogP contribution in [-0.4, -0.2) is 12.1 Å². The fourth-order valence-electron chi connectivity index (χ4n) is 1.75. The van der Waals surface area contributed by atoms with Crippen LogP contribution in [-0.2, 0) is 6.42 Å². The predicted octanol–water partition coefficient (Wildman–Crippen LogP) is 3.50. The molecule has 1 aromatic carbocycles. The van der Waals surface area contributed by atoms with Crippen LogP contribution in [0.1, 0.15) is 26.5 Å². The Hall–Kier alpha value is -1.35. The zero-order chi connectivity index (χ0) is 12.5. The van der Waals surface area contributed by atoms with E-state index in [0.717, 1.165) is 29.7 Å². The van der Waals surface area contributed by atoms with Gasteiger partial charge in [-0.2, -0.15) is 0 Å². The van der Waals surface area contributed by atoms with E-state index < -0.39 is 0 Å². The SMILES string of the molecule is CC(C)(C)NCCc1cc2cc(F)ccc2o1. The van der Waals surface area contributed by atoms with Crippen LogP contribution >= 0.6 is 0 Å². The van der Waals surface area contributed by atoms with Crippen molar-refractivity contribution in [3.05, 3.63) is 35.8 Å². The first-order valence-corrected chi connectivity index (χ1v) is 5.87. The molecular weight excluding hydrogens is 217 g/mol. The third-order valence-electron chi connectivity index (χ3n) is 2.56. The fraction of sp³-hybridized carbons (Fsp3) is 0.429. The first kappa shape index (κ1) is 12.1. The van der Waals surface area contributed by atoms with Gasteiger partial charge in [0.1, 0.15) is 17.2 Å². The maximum Gasteiger partial charge on any atom is 0.134 e. The summed E-state index contributed by atoms with van der Waals surface area (Å²) >= 11 is 0. The Morgan fingerprint density at radius 3 is 2.71 bits per heavy atom. The Bertz CT molecular complexity index is 510. The van der Waals surface area contributed by atoms with Crippen LogP contribution in [0, 0.1) is 5.82 Å². The molecule has 0 unspecified atom stereocenters. The van der Waals surface area contributed by atoms with Crippen molar-refractivity contribution in [2.24, 2.45) is 0 Å². The second-order valence-corrected chi connectivity index (χ2v) is 5.32. The highest BCUT2D eigenvalue weighted by atomic mass is 19.1. The molecule has 1 heterocycles. The van der Waals surface area contributed by atoms with Gasteiger partial charge in [-0.15, -0.1) is 0 Å². The van der Waals surface area contributed by atoms with E-state index in [2.05, 4.69) is 26.1 Å². The molecule has 0 radical (unpaired) electrons. The molecule has 1 aromatic heterocycles. The second-order valence-electron chi connectivity index (χ2n) is 5.32. The molecule has 0 spiro atoms. The van der Waals surface area contributed by atoms with E-state index in [-0.39, 0.29) is 11.4 Å². The highest BCUT2D eigenvalue weighted by Crippen LogP contribution is 2.20. The van der Waals surface area contributed by atoms with Crippen molar-refractivity contribution < 1.29 is 8.81 Å². The summed E-state index contributed by atoms with van der Waals surface area (Å²) in [7, 11) is 0. The first-order chi connectivity index (χ1) is 7.94. The molecule has 0 aliphatic heterocycles. The molecule has 0 aliphatic carbocycles. The molecule has 0 aliphatic rings. The summed E-state index contributed by atoms with van der Waals surface area (Å²) in [5.41, 5.74) is 0.857. The van der Waals surface area contributed by atoms with Gasteiger partial charge in [-0.3, -0.25) is 0 Å². The molecule has 2 aromatic rings. The van der Waals surface area contributed by atoms with E-state index in [1.807, 2.05) is 6.07 Å². The number of halogens is 1. The monoisotopic (exact) mass is 235 g/mol. The van der Waals surface area contributed by atoms with Crippen molar-refractivity contribution in [1.82, 2.24) is 5.32 Å². The molecule has 0 saturated heterocycles. The lowest BCUT2D eigenvalue weighted by Gasteiger charge is -2.19. The quantitative estimate of drug-likeness (QED) is 0.880. The van der Waals surface area contributed by atoms with Crippen LogP contribution in [0.3, 0.4) is 0 Å². The second kappa shape index (κ2) is 4.49. The van der Waals surface area contributed by atoms with Gasteiger partial charge in [0.25, 0.3) is 0 Å². The molecule has 2 rings (SSSR count). The van der Waals surface area contributed by atoms with Crippen LogP contribution in [0.15, 0.2) is 28.7 Å². The number of benzene rings is 1. The van der Waals surface area contributed by atoms with E-state index >= 15 is 0 Å². The van der Waals surface area contributed by atoms with Crippen molar-refractivity contribution >= 4 is 11.0 Å². The number of hydrogen-bond donors (Lipinski definition) is 1. The summed E-state index contributed by atoms with van der Waals surface area (Å²) in [4.78, 5) is 0. The van der Waals surface area contributed by atoms with Gasteiger partial charge in [-0.25, -0.2) is 4.39 Å². The van der Waals surface area contributed by atoms with Crippen LogP contribution < -0.4 is 5.32 Å². The van der Waals surface area contributed by atoms with Gasteiger partial charge in [0.15, 0.2) is 0 Å². The summed E-state index contributed by atoms with van der Waals surface area (Å²) in [6.45, 7) is 7.23. The summed E-state index contributed by atoms with van der Waals surface area (Å²) in [5, 5.41) is 4.22. The minimum Gasteiger partial charge on any atom is -0.461 e. The summed E-state index contributed by atoms with van der Waals surface area (Å²) < 4.78 is 18.6. The first-order valence-electron chi connectivity index (χ1n) is 5.87. The molecule has 0 saturated carbocycles. The highest BCUT2D eigenvalue weighted by molar-refractivity contribution is 5.77. The summed E-state index contributed by atoms with van der Waals surface area (Å²) in [6.07, 6.45) is 0.813. The molecule has 0 atom stereocenters. The third kappa shape index (κ3) is 3.30. The van der Waals surface area contributed by atoms with Crippen molar-refractivity contribution in [2.75, 3.05) is 6.54 Å². The van der Waals surface area contributed by atoms with Crippen molar-refractivity contribution in [2.45, 2.75) is 32.7 Å². The van der Waals surface area contributed by atoms with E-state index in [4.69, 9.17) is 4.42 Å². The highest BCUT2D eigenvalue weighted by Gasteiger charge is 2.09. The number of nitrogens with one attached hydrogen (secondary N) is 1. The predicted molar refractivity (Wildman–Crippen MR) is 67.6 cm³/mol. The molecule has 0 bridgehead atoms. The Morgan fingerprint density at radius 1 is 1.24 bits per heavy atom. The lowest BCUT2D eigenvalue weighted by Crippen LogP contribution is -2.37. The van der Waals surface area contributed by atoms with Crippen LogP contribution in [0.2, 0.25) is 0 Å². The minimum absolute atomic E-state index is 0.109. The van der Waals surface area contributed by atoms with E-state index in [1.54, 1.807) is 6.07 Å². The molecule has 17 heavy (non-hydrogen) atoms. The maximum atomic E-state index is 13.0. The largest absolute Gasteiger partial charge is 0.461 e. The van der Waals surface area contributed by atoms with Crippen molar-refractivity contribution in [3.8, 4) is 0 Å². The van der Waals surface area contributed by atoms with E-state index in [0.29, 0.717) is 0 Å². The fourth-order valence-corrected chi connectivity index (χ4v) is 1.75. The van der Waals surface area contributed by atoms with Crippen LogP contribution in [0.4, 0.5) is 4.39 Å². The Balaban J connectivity index is 2.05.